The van der Waals surface area contributed by atoms with Gasteiger partial charge in [0.15, 0.2) is 0 Å². The second-order valence-corrected chi connectivity index (χ2v) is 12.0. The molecule has 0 radical (unpaired) electrons. The van der Waals surface area contributed by atoms with Crippen molar-refractivity contribution >= 4 is 41.8 Å². The van der Waals surface area contributed by atoms with Crippen LogP contribution >= 0.6 is 0 Å². The first-order chi connectivity index (χ1) is 27.9. The number of benzene rings is 2. The molecule has 0 saturated heterocycles. The van der Waals surface area contributed by atoms with Gasteiger partial charge in [-0.05, 0) is 49.9 Å². The zero-order chi connectivity index (χ0) is 44.9. The maximum absolute atomic E-state index is 12.1. The van der Waals surface area contributed by atoms with E-state index in [-0.39, 0.29) is 57.4 Å². The Morgan fingerprint density at radius 1 is 0.583 bits per heavy atom. The third-order valence-corrected chi connectivity index (χ3v) is 7.55. The van der Waals surface area contributed by atoms with Crippen molar-refractivity contribution in [3.8, 4) is 58.5 Å². The Morgan fingerprint density at radius 2 is 0.917 bits per heavy atom. The molecule has 16 heteroatoms. The topological polar surface area (TPSA) is 272 Å². The van der Waals surface area contributed by atoms with E-state index in [9.17, 15) is 33.6 Å². The Kier molecular flexibility index (Phi) is 28.2. The van der Waals surface area contributed by atoms with Gasteiger partial charge >= 0.3 is 30.0 Å². The highest BCUT2D eigenvalue weighted by atomic mass is 16.5. The molecular weight excluding hydrogens is 776 g/mol. The number of amides is 3. The van der Waals surface area contributed by atoms with Gasteiger partial charge in [0.25, 0.3) is 0 Å². The number of nitrogens with two attached hydrogens (primary N) is 1. The molecule has 2 aromatic carbocycles. The highest BCUT2D eigenvalue weighted by Gasteiger charge is 2.29. The van der Waals surface area contributed by atoms with Gasteiger partial charge in [0.1, 0.15) is 30.8 Å². The fourth-order valence-corrected chi connectivity index (χ4v) is 4.78. The van der Waals surface area contributed by atoms with Crippen LogP contribution in [0.3, 0.4) is 0 Å². The summed E-state index contributed by atoms with van der Waals surface area (Å²) in [4.78, 5) is 75.2. The molecule has 3 rings (SSSR count). The quantitative estimate of drug-likeness (QED) is 0.134. The van der Waals surface area contributed by atoms with Crippen LogP contribution in [0.4, 0.5) is 4.79 Å². The molecule has 0 fully saturated rings. The molecule has 9 N–H and O–H groups in total. The second-order valence-electron chi connectivity index (χ2n) is 12.0. The summed E-state index contributed by atoms with van der Waals surface area (Å²) in [6, 6.07) is 12.3. The average Bonchev–Trinajstić information content (AvgIpc) is 3.51. The van der Waals surface area contributed by atoms with Gasteiger partial charge in [-0.15, -0.1) is 47.4 Å². The summed E-state index contributed by atoms with van der Waals surface area (Å²) in [5, 5.41) is 41.4. The van der Waals surface area contributed by atoms with Gasteiger partial charge in [0, 0.05) is 45.4 Å². The van der Waals surface area contributed by atoms with Gasteiger partial charge in [0.05, 0.1) is 0 Å². The summed E-state index contributed by atoms with van der Waals surface area (Å²) in [5.74, 6) is 15.7. The van der Waals surface area contributed by atoms with Gasteiger partial charge in [-0.3, -0.25) is 14.4 Å². The lowest BCUT2D eigenvalue weighted by Crippen LogP contribution is -2.41. The SMILES string of the molecule is C.CC#CCC(NC(C)=O)C(=O)O.CC#CC[C@@H](NC(C)=O)C(=O)O.CC#CC[C@H](N)C(=O)O.CC#CC[C@H](NC(=O)OCC1c2ccccc2-c2ccccc21)C(=O)O. The van der Waals surface area contributed by atoms with Crippen molar-refractivity contribution in [1.82, 2.24) is 16.0 Å². The number of nitrogens with one attached hydrogen (secondary N) is 3. The number of ether oxygens (including phenoxy) is 1. The van der Waals surface area contributed by atoms with Crippen LogP contribution in [0.2, 0.25) is 0 Å². The number of hydrogen-bond donors (Lipinski definition) is 8. The Bertz CT molecular complexity index is 1940. The fraction of sp³-hybridized carbons (Fsp3) is 0.386. The van der Waals surface area contributed by atoms with Gasteiger partial charge in [-0.1, -0.05) is 56.0 Å². The first-order valence-corrected chi connectivity index (χ1v) is 17.9. The highest BCUT2D eigenvalue weighted by Crippen LogP contribution is 2.44. The molecule has 60 heavy (non-hydrogen) atoms. The summed E-state index contributed by atoms with van der Waals surface area (Å²) < 4.78 is 5.34. The van der Waals surface area contributed by atoms with Crippen LogP contribution in [0, 0.1) is 47.4 Å². The van der Waals surface area contributed by atoms with Crippen LogP contribution in [-0.2, 0) is 33.5 Å². The molecule has 3 amide bonds. The van der Waals surface area contributed by atoms with Crippen LogP contribution in [0.15, 0.2) is 48.5 Å². The van der Waals surface area contributed by atoms with Crippen molar-refractivity contribution in [2.45, 2.75) is 105 Å². The monoisotopic (exact) mass is 830 g/mol. The van der Waals surface area contributed by atoms with Crippen molar-refractivity contribution in [3.63, 3.8) is 0 Å². The van der Waals surface area contributed by atoms with Crippen molar-refractivity contribution in [1.29, 1.82) is 0 Å². The first kappa shape index (κ1) is 54.8. The number of carbonyl (C=O) groups excluding carboxylic acids is 3. The largest absolute Gasteiger partial charge is 0.480 e. The van der Waals surface area contributed by atoms with Crippen LogP contribution in [-0.4, -0.2) is 93.0 Å². The minimum Gasteiger partial charge on any atom is -0.480 e. The zero-order valence-electron chi connectivity index (χ0n) is 33.7. The van der Waals surface area contributed by atoms with E-state index in [0.717, 1.165) is 22.3 Å². The third kappa shape index (κ3) is 21.9. The summed E-state index contributed by atoms with van der Waals surface area (Å²) in [6.45, 7) is 9.19. The standard InChI is InChI=1S/C21H19NO4.2C8H11NO3.C6H9NO2.CH4/c1-2-3-12-19(20(23)24)22-21(25)26-13-18-16-10-6-4-8-14(16)15-9-5-7-11-17(15)18;2*1-3-4-5-7(8(11)12)9-6(2)10;1-2-3-4-5(7)6(8)9;/h4-11,18-19H,12-13H2,1H3,(H,22,25)(H,23,24);2*7H,5H2,1-2H3,(H,9,10)(H,11,12);5H,4,7H2,1H3,(H,8,9);1H4/t19-;7-;;5-;/m01.0./s1. The number of rotatable bonds is 13. The lowest BCUT2D eigenvalue weighted by atomic mass is 9.98. The molecule has 322 valence electrons. The Labute approximate surface area is 351 Å². The Morgan fingerprint density at radius 3 is 1.23 bits per heavy atom. The Balaban J connectivity index is 0. The molecule has 1 aliphatic carbocycles. The normalized spacial score (nSPS) is 11.7. The smallest absolute Gasteiger partial charge is 0.407 e. The second kappa shape index (κ2) is 30.8. The summed E-state index contributed by atoms with van der Waals surface area (Å²) in [7, 11) is 0. The molecule has 0 heterocycles. The molecule has 1 aliphatic rings. The number of carboxylic acid groups (broad SMARTS) is 4. The lowest BCUT2D eigenvalue weighted by molar-refractivity contribution is -0.141. The van der Waals surface area contributed by atoms with Crippen LogP contribution in [0.25, 0.3) is 11.1 Å². The molecule has 0 saturated carbocycles. The van der Waals surface area contributed by atoms with Gasteiger partial charge < -0.3 is 46.8 Å². The predicted molar refractivity (Wildman–Crippen MR) is 225 cm³/mol. The Hall–Kier alpha value is -7.27. The van der Waals surface area contributed by atoms with E-state index in [1.807, 2.05) is 36.4 Å². The lowest BCUT2D eigenvalue weighted by Gasteiger charge is -2.16. The van der Waals surface area contributed by atoms with Crippen LogP contribution < -0.4 is 21.7 Å². The molecule has 1 unspecified atom stereocenters. The zero-order valence-corrected chi connectivity index (χ0v) is 33.7. The van der Waals surface area contributed by atoms with Gasteiger partial charge in [-0.2, -0.15) is 0 Å². The molecular formula is C44H54N4O12. The number of aliphatic carboxylic acids is 4. The predicted octanol–water partition coefficient (Wildman–Crippen LogP) is 3.82. The molecule has 0 spiro atoms. The highest BCUT2D eigenvalue weighted by molar-refractivity contribution is 5.83. The van der Waals surface area contributed by atoms with Crippen molar-refractivity contribution in [2.24, 2.45) is 5.73 Å². The number of carboxylic acids is 4. The van der Waals surface area contributed by atoms with E-state index in [1.165, 1.54) is 13.8 Å². The summed E-state index contributed by atoms with van der Waals surface area (Å²) in [5.41, 5.74) is 9.59. The van der Waals surface area contributed by atoms with E-state index in [2.05, 4.69) is 75.4 Å². The summed E-state index contributed by atoms with van der Waals surface area (Å²) in [6.07, 6.45) is -0.198. The fourth-order valence-electron chi connectivity index (χ4n) is 4.78. The minimum atomic E-state index is -1.14. The van der Waals surface area contributed by atoms with E-state index in [1.54, 1.807) is 27.7 Å². The molecule has 2 aromatic rings. The van der Waals surface area contributed by atoms with E-state index in [4.69, 9.17) is 30.9 Å². The molecule has 4 atom stereocenters. The number of hydrogen-bond acceptors (Lipinski definition) is 9. The maximum Gasteiger partial charge on any atom is 0.407 e. The van der Waals surface area contributed by atoms with Gasteiger partial charge in [0.2, 0.25) is 11.8 Å². The number of fused-ring (bicyclic) bond motifs is 3. The van der Waals surface area contributed by atoms with E-state index >= 15 is 0 Å². The molecule has 0 bridgehead atoms. The number of alkyl carbamates (subject to hydrolysis) is 1. The van der Waals surface area contributed by atoms with Crippen molar-refractivity contribution in [2.75, 3.05) is 6.61 Å². The van der Waals surface area contributed by atoms with Crippen molar-refractivity contribution in [3.05, 3.63) is 59.7 Å². The maximum atomic E-state index is 12.1. The van der Waals surface area contributed by atoms with E-state index < -0.39 is 54.1 Å². The minimum absolute atomic E-state index is 0. The van der Waals surface area contributed by atoms with Gasteiger partial charge in [-0.25, -0.2) is 19.2 Å². The first-order valence-electron chi connectivity index (χ1n) is 17.9. The molecule has 16 nitrogen and oxygen atoms in total. The van der Waals surface area contributed by atoms with Crippen molar-refractivity contribution < 1.29 is 58.7 Å². The van der Waals surface area contributed by atoms with Crippen LogP contribution in [0.1, 0.15) is 91.7 Å². The number of carbonyl (C=O) groups is 7. The average molecular weight is 831 g/mol. The third-order valence-electron chi connectivity index (χ3n) is 7.55. The van der Waals surface area contributed by atoms with Crippen LogP contribution in [0.5, 0.6) is 0 Å². The van der Waals surface area contributed by atoms with E-state index in [0.29, 0.717) is 0 Å². The molecule has 0 aromatic heterocycles. The molecule has 0 aliphatic heterocycles. The summed E-state index contributed by atoms with van der Waals surface area (Å²) >= 11 is 0.